The molecule has 134 valence electrons. The largest absolute Gasteiger partial charge is 0.396 e. The van der Waals surface area contributed by atoms with E-state index in [2.05, 4.69) is 37.3 Å². The van der Waals surface area contributed by atoms with Crippen molar-refractivity contribution in [3.8, 4) is 0 Å². The van der Waals surface area contributed by atoms with E-state index in [0.29, 0.717) is 12.5 Å². The number of aliphatic hydroxyl groups is 1. The van der Waals surface area contributed by atoms with Gasteiger partial charge in [-0.05, 0) is 93.4 Å². The van der Waals surface area contributed by atoms with Crippen molar-refractivity contribution < 1.29 is 5.11 Å². The number of allylic oxidation sites excluding steroid dienone is 2. The maximum absolute atomic E-state index is 8.96. The van der Waals surface area contributed by atoms with E-state index in [-0.39, 0.29) is 6.61 Å². The number of aryl methyl sites for hydroxylation is 1. The molecular weight excluding hydrogens is 294 g/mol. The highest BCUT2D eigenvalue weighted by molar-refractivity contribution is 5.36. The summed E-state index contributed by atoms with van der Waals surface area (Å²) < 4.78 is 0. The SMILES string of the molecule is C/C=C\CCC[C@@H]1CCc2cc([C@H](CN)CCCCO)ccc2C1. The number of hydrogen-bond donors (Lipinski definition) is 2. The van der Waals surface area contributed by atoms with Crippen molar-refractivity contribution in [1.82, 2.24) is 0 Å². The summed E-state index contributed by atoms with van der Waals surface area (Å²) in [5.41, 5.74) is 10.5. The summed E-state index contributed by atoms with van der Waals surface area (Å²) in [7, 11) is 0. The summed E-state index contributed by atoms with van der Waals surface area (Å²) in [6, 6.07) is 7.08. The van der Waals surface area contributed by atoms with E-state index >= 15 is 0 Å². The number of benzene rings is 1. The van der Waals surface area contributed by atoms with Crippen molar-refractivity contribution >= 4 is 0 Å². The Labute approximate surface area is 148 Å². The van der Waals surface area contributed by atoms with Gasteiger partial charge in [-0.15, -0.1) is 0 Å². The molecule has 0 unspecified atom stereocenters. The van der Waals surface area contributed by atoms with E-state index in [1.165, 1.54) is 44.1 Å². The Balaban J connectivity index is 1.92. The van der Waals surface area contributed by atoms with Gasteiger partial charge in [-0.2, -0.15) is 0 Å². The maximum Gasteiger partial charge on any atom is 0.0431 e. The minimum atomic E-state index is 0.289. The molecule has 1 aliphatic rings. The molecule has 0 fully saturated rings. The Morgan fingerprint density at radius 1 is 1.25 bits per heavy atom. The molecule has 1 aliphatic carbocycles. The number of unbranched alkanes of at least 4 members (excludes halogenated alkanes) is 2. The number of nitrogens with two attached hydrogens (primary N) is 1. The average Bonchev–Trinajstić information content (AvgIpc) is 2.62. The number of rotatable bonds is 10. The number of aliphatic hydroxyl groups excluding tert-OH is 1. The predicted molar refractivity (Wildman–Crippen MR) is 103 cm³/mol. The van der Waals surface area contributed by atoms with Crippen LogP contribution in [0.15, 0.2) is 30.4 Å². The highest BCUT2D eigenvalue weighted by atomic mass is 16.2. The van der Waals surface area contributed by atoms with Crippen molar-refractivity contribution in [3.63, 3.8) is 0 Å². The molecule has 2 heteroatoms. The molecule has 0 spiro atoms. The fraction of sp³-hybridized carbons (Fsp3) is 0.636. The standard InChI is InChI=1S/C22H35NO/c1-2-3-4-5-8-18-10-11-20-16-21(13-12-19(20)15-18)22(17-23)9-6-7-14-24/h2-3,12-13,16,18,22,24H,4-11,14-15,17,23H2,1H3/b3-2-/t18-,22+/m1/s1. The lowest BCUT2D eigenvalue weighted by molar-refractivity contribution is 0.281. The monoisotopic (exact) mass is 329 g/mol. The maximum atomic E-state index is 8.96. The second-order valence-electron chi connectivity index (χ2n) is 7.29. The van der Waals surface area contributed by atoms with Crippen LogP contribution in [0.5, 0.6) is 0 Å². The third kappa shape index (κ3) is 5.75. The van der Waals surface area contributed by atoms with Crippen LogP contribution in [0.3, 0.4) is 0 Å². The summed E-state index contributed by atoms with van der Waals surface area (Å²) >= 11 is 0. The highest BCUT2D eigenvalue weighted by Gasteiger charge is 2.20. The van der Waals surface area contributed by atoms with Gasteiger partial charge in [0.25, 0.3) is 0 Å². The van der Waals surface area contributed by atoms with Crippen molar-refractivity contribution in [3.05, 3.63) is 47.0 Å². The predicted octanol–water partition coefficient (Wildman–Crippen LogP) is 4.74. The summed E-state index contributed by atoms with van der Waals surface area (Å²) in [6.07, 6.45) is 15.2. The normalized spacial score (nSPS) is 18.7. The first-order valence-corrected chi connectivity index (χ1v) is 9.82. The Morgan fingerprint density at radius 2 is 2.12 bits per heavy atom. The molecule has 1 aromatic rings. The Hall–Kier alpha value is -1.12. The van der Waals surface area contributed by atoms with Gasteiger partial charge < -0.3 is 10.8 Å². The summed E-state index contributed by atoms with van der Waals surface area (Å²) in [5.74, 6) is 1.31. The summed E-state index contributed by atoms with van der Waals surface area (Å²) in [6.45, 7) is 3.10. The van der Waals surface area contributed by atoms with E-state index in [1.54, 1.807) is 11.1 Å². The van der Waals surface area contributed by atoms with Crippen molar-refractivity contribution in [2.45, 2.75) is 70.6 Å². The summed E-state index contributed by atoms with van der Waals surface area (Å²) in [5, 5.41) is 8.96. The Bertz CT molecular complexity index is 509. The van der Waals surface area contributed by atoms with E-state index in [4.69, 9.17) is 10.8 Å². The number of fused-ring (bicyclic) bond motifs is 1. The molecule has 0 heterocycles. The fourth-order valence-electron chi connectivity index (χ4n) is 3.96. The molecular formula is C22H35NO. The molecule has 2 rings (SSSR count). The van der Waals surface area contributed by atoms with Crippen LogP contribution in [0.4, 0.5) is 0 Å². The molecule has 0 saturated carbocycles. The Morgan fingerprint density at radius 3 is 2.88 bits per heavy atom. The molecule has 0 aliphatic heterocycles. The average molecular weight is 330 g/mol. The lowest BCUT2D eigenvalue weighted by Gasteiger charge is -2.26. The van der Waals surface area contributed by atoms with Gasteiger partial charge in [0, 0.05) is 6.61 Å². The molecule has 0 aromatic heterocycles. The smallest absolute Gasteiger partial charge is 0.0431 e. The molecule has 2 nitrogen and oxygen atoms in total. The van der Waals surface area contributed by atoms with Crippen LogP contribution in [-0.2, 0) is 12.8 Å². The van der Waals surface area contributed by atoms with Crippen LogP contribution in [0.2, 0.25) is 0 Å². The minimum Gasteiger partial charge on any atom is -0.396 e. The highest BCUT2D eigenvalue weighted by Crippen LogP contribution is 2.32. The van der Waals surface area contributed by atoms with Gasteiger partial charge in [-0.3, -0.25) is 0 Å². The first-order chi connectivity index (χ1) is 11.8. The quantitative estimate of drug-likeness (QED) is 0.481. The Kier molecular flexibility index (Phi) is 8.55. The van der Waals surface area contributed by atoms with E-state index in [0.717, 1.165) is 25.2 Å². The second kappa shape index (κ2) is 10.7. The van der Waals surface area contributed by atoms with E-state index in [9.17, 15) is 0 Å². The zero-order valence-electron chi connectivity index (χ0n) is 15.3. The van der Waals surface area contributed by atoms with Gasteiger partial charge >= 0.3 is 0 Å². The van der Waals surface area contributed by atoms with Crippen LogP contribution in [0, 0.1) is 5.92 Å². The van der Waals surface area contributed by atoms with Crippen molar-refractivity contribution in [2.75, 3.05) is 13.2 Å². The van der Waals surface area contributed by atoms with Gasteiger partial charge in [0.05, 0.1) is 0 Å². The zero-order valence-corrected chi connectivity index (χ0v) is 15.3. The molecule has 2 atom stereocenters. The van der Waals surface area contributed by atoms with Crippen LogP contribution >= 0.6 is 0 Å². The lowest BCUT2D eigenvalue weighted by atomic mass is 9.79. The molecule has 1 aromatic carbocycles. The molecule has 0 radical (unpaired) electrons. The van der Waals surface area contributed by atoms with Gasteiger partial charge in [-0.25, -0.2) is 0 Å². The van der Waals surface area contributed by atoms with Gasteiger partial charge in [-0.1, -0.05) is 36.8 Å². The van der Waals surface area contributed by atoms with Crippen molar-refractivity contribution in [1.29, 1.82) is 0 Å². The summed E-state index contributed by atoms with van der Waals surface area (Å²) in [4.78, 5) is 0. The lowest BCUT2D eigenvalue weighted by Crippen LogP contribution is -2.17. The third-order valence-electron chi connectivity index (χ3n) is 5.50. The number of hydrogen-bond acceptors (Lipinski definition) is 2. The van der Waals surface area contributed by atoms with Crippen molar-refractivity contribution in [2.24, 2.45) is 11.7 Å². The molecule has 3 N–H and O–H groups in total. The van der Waals surface area contributed by atoms with Gasteiger partial charge in [0.15, 0.2) is 0 Å². The molecule has 0 amide bonds. The van der Waals surface area contributed by atoms with Gasteiger partial charge in [0.2, 0.25) is 0 Å². The van der Waals surface area contributed by atoms with Crippen LogP contribution in [0.1, 0.15) is 74.5 Å². The molecule has 24 heavy (non-hydrogen) atoms. The molecule has 0 saturated heterocycles. The topological polar surface area (TPSA) is 46.2 Å². The first-order valence-electron chi connectivity index (χ1n) is 9.82. The van der Waals surface area contributed by atoms with E-state index in [1.807, 2.05) is 0 Å². The van der Waals surface area contributed by atoms with Crippen LogP contribution in [0.25, 0.3) is 0 Å². The first kappa shape index (κ1) is 19.2. The third-order valence-corrected chi connectivity index (χ3v) is 5.50. The van der Waals surface area contributed by atoms with E-state index < -0.39 is 0 Å². The second-order valence-corrected chi connectivity index (χ2v) is 7.29. The van der Waals surface area contributed by atoms with Crippen LogP contribution < -0.4 is 5.73 Å². The van der Waals surface area contributed by atoms with Crippen LogP contribution in [-0.4, -0.2) is 18.3 Å². The fourth-order valence-corrected chi connectivity index (χ4v) is 3.96. The van der Waals surface area contributed by atoms with Gasteiger partial charge in [0.1, 0.15) is 0 Å². The zero-order chi connectivity index (χ0) is 17.2. The molecule has 0 bridgehead atoms. The minimum absolute atomic E-state index is 0.289.